The highest BCUT2D eigenvalue weighted by Crippen LogP contribution is 2.21. The summed E-state index contributed by atoms with van der Waals surface area (Å²) in [6.07, 6.45) is 0.308. The Morgan fingerprint density at radius 3 is 2.89 bits per heavy atom. The molecule has 1 fully saturated rings. The molecule has 1 amide bonds. The van der Waals surface area contributed by atoms with Crippen molar-refractivity contribution >= 4 is 17.5 Å². The number of rotatable bonds is 4. The molecule has 0 spiro atoms. The van der Waals surface area contributed by atoms with Crippen molar-refractivity contribution in [2.75, 3.05) is 19.7 Å². The number of halogens is 1. The topological polar surface area (TPSA) is 49.8 Å². The maximum absolute atomic E-state index is 11.7. The summed E-state index contributed by atoms with van der Waals surface area (Å²) in [7, 11) is 0. The minimum atomic E-state index is -0.719. The van der Waals surface area contributed by atoms with E-state index in [9.17, 15) is 9.90 Å². The Kier molecular flexibility index (Phi) is 3.78. The summed E-state index contributed by atoms with van der Waals surface area (Å²) in [4.78, 5) is 13.3. The van der Waals surface area contributed by atoms with Crippen LogP contribution < -0.4 is 4.74 Å². The van der Waals surface area contributed by atoms with E-state index >= 15 is 0 Å². The van der Waals surface area contributed by atoms with Crippen molar-refractivity contribution in [3.05, 3.63) is 29.3 Å². The molecular formula is C13H16ClNO3. The fourth-order valence-electron chi connectivity index (χ4n) is 1.92. The Balaban J connectivity index is 1.71. The fourth-order valence-corrected chi connectivity index (χ4v) is 2.10. The molecule has 0 radical (unpaired) electrons. The maximum Gasteiger partial charge on any atom is 0.226 e. The zero-order valence-corrected chi connectivity index (χ0v) is 11.0. The van der Waals surface area contributed by atoms with Crippen LogP contribution in [0.5, 0.6) is 5.75 Å². The zero-order valence-electron chi connectivity index (χ0n) is 10.2. The second-order valence-corrected chi connectivity index (χ2v) is 5.24. The van der Waals surface area contributed by atoms with Crippen LogP contribution in [0.25, 0.3) is 0 Å². The largest absolute Gasteiger partial charge is 0.493 e. The van der Waals surface area contributed by atoms with Gasteiger partial charge >= 0.3 is 0 Å². The number of likely N-dealkylation sites (tertiary alicyclic amines) is 1. The van der Waals surface area contributed by atoms with Crippen LogP contribution >= 0.6 is 11.6 Å². The van der Waals surface area contributed by atoms with E-state index in [-0.39, 0.29) is 5.91 Å². The molecule has 0 aliphatic carbocycles. The van der Waals surface area contributed by atoms with E-state index in [1.54, 1.807) is 36.1 Å². The van der Waals surface area contributed by atoms with Crippen LogP contribution in [0.4, 0.5) is 0 Å². The molecule has 1 saturated heterocycles. The van der Waals surface area contributed by atoms with Crippen LogP contribution in [0.15, 0.2) is 24.3 Å². The van der Waals surface area contributed by atoms with Crippen molar-refractivity contribution in [1.82, 2.24) is 4.90 Å². The van der Waals surface area contributed by atoms with Gasteiger partial charge in [0.05, 0.1) is 31.7 Å². The summed E-state index contributed by atoms with van der Waals surface area (Å²) in [5, 5.41) is 10.1. The second kappa shape index (κ2) is 5.16. The molecule has 0 unspecified atom stereocenters. The quantitative estimate of drug-likeness (QED) is 0.905. The third-order valence-electron chi connectivity index (χ3n) is 2.80. The molecule has 2 rings (SSSR count). The van der Waals surface area contributed by atoms with Crippen molar-refractivity contribution in [3.8, 4) is 5.75 Å². The lowest BCUT2D eigenvalue weighted by Crippen LogP contribution is -2.61. The van der Waals surface area contributed by atoms with Gasteiger partial charge in [-0.05, 0) is 25.1 Å². The first-order valence-corrected chi connectivity index (χ1v) is 6.23. The Bertz CT molecular complexity index is 440. The number of benzene rings is 1. The van der Waals surface area contributed by atoms with Crippen molar-refractivity contribution < 1.29 is 14.6 Å². The van der Waals surface area contributed by atoms with E-state index < -0.39 is 5.60 Å². The van der Waals surface area contributed by atoms with E-state index in [2.05, 4.69) is 0 Å². The molecule has 0 aromatic heterocycles. The monoisotopic (exact) mass is 269 g/mol. The van der Waals surface area contributed by atoms with E-state index in [4.69, 9.17) is 16.3 Å². The van der Waals surface area contributed by atoms with Crippen molar-refractivity contribution in [2.45, 2.75) is 18.9 Å². The molecule has 0 saturated carbocycles. The highest BCUT2D eigenvalue weighted by atomic mass is 35.5. The Morgan fingerprint density at radius 2 is 2.28 bits per heavy atom. The summed E-state index contributed by atoms with van der Waals surface area (Å²) in [5.41, 5.74) is -0.719. The van der Waals surface area contributed by atoms with Gasteiger partial charge in [-0.2, -0.15) is 0 Å². The number of hydrogen-bond donors (Lipinski definition) is 1. The molecule has 18 heavy (non-hydrogen) atoms. The normalized spacial score (nSPS) is 17.2. The number of carbonyl (C=O) groups is 1. The minimum absolute atomic E-state index is 0.00329. The van der Waals surface area contributed by atoms with Gasteiger partial charge in [-0.25, -0.2) is 0 Å². The Morgan fingerprint density at radius 1 is 1.56 bits per heavy atom. The van der Waals surface area contributed by atoms with E-state index in [0.717, 1.165) is 0 Å². The van der Waals surface area contributed by atoms with E-state index in [1.807, 2.05) is 0 Å². The molecule has 1 heterocycles. The Hall–Kier alpha value is -1.26. The van der Waals surface area contributed by atoms with E-state index in [1.165, 1.54) is 0 Å². The van der Waals surface area contributed by atoms with E-state index in [0.29, 0.717) is 36.9 Å². The number of aliphatic hydroxyl groups is 1. The molecule has 1 N–H and O–H groups in total. The molecule has 1 aromatic carbocycles. The van der Waals surface area contributed by atoms with Gasteiger partial charge in [-0.1, -0.05) is 17.7 Å². The lowest BCUT2D eigenvalue weighted by Gasteiger charge is -2.44. The van der Waals surface area contributed by atoms with Gasteiger partial charge in [0.15, 0.2) is 0 Å². The number of ether oxygens (including phenoxy) is 1. The SMILES string of the molecule is CC1(O)CN(C(=O)CCOc2cccc(Cl)c2)C1. The van der Waals surface area contributed by atoms with Crippen LogP contribution in [0.3, 0.4) is 0 Å². The van der Waals surface area contributed by atoms with Gasteiger partial charge in [0, 0.05) is 5.02 Å². The second-order valence-electron chi connectivity index (χ2n) is 4.80. The molecule has 1 aromatic rings. The number of nitrogens with zero attached hydrogens (tertiary/aromatic N) is 1. The lowest BCUT2D eigenvalue weighted by molar-refractivity contribution is -0.152. The van der Waals surface area contributed by atoms with Crippen molar-refractivity contribution in [1.29, 1.82) is 0 Å². The standard InChI is InChI=1S/C13H16ClNO3/c1-13(17)8-15(9-13)12(16)5-6-18-11-4-2-3-10(14)7-11/h2-4,7,17H,5-6,8-9H2,1H3. The molecule has 98 valence electrons. The predicted molar refractivity (Wildman–Crippen MR) is 68.8 cm³/mol. The molecule has 1 aliphatic rings. The number of hydrogen-bond acceptors (Lipinski definition) is 3. The zero-order chi connectivity index (χ0) is 13.2. The highest BCUT2D eigenvalue weighted by molar-refractivity contribution is 6.30. The molecule has 1 aliphatic heterocycles. The summed E-state index contributed by atoms with van der Waals surface area (Å²) in [6.45, 7) is 2.85. The molecular weight excluding hydrogens is 254 g/mol. The van der Waals surface area contributed by atoms with Gasteiger partial charge in [0.25, 0.3) is 0 Å². The van der Waals surface area contributed by atoms with Crippen LogP contribution in [-0.2, 0) is 4.79 Å². The summed E-state index contributed by atoms with van der Waals surface area (Å²) in [6, 6.07) is 7.07. The first-order valence-electron chi connectivity index (χ1n) is 5.85. The summed E-state index contributed by atoms with van der Waals surface area (Å²) >= 11 is 5.82. The summed E-state index contributed by atoms with van der Waals surface area (Å²) < 4.78 is 5.43. The third kappa shape index (κ3) is 3.37. The number of carbonyl (C=O) groups excluding carboxylic acids is 1. The van der Waals surface area contributed by atoms with Crippen LogP contribution in [-0.4, -0.2) is 41.2 Å². The lowest BCUT2D eigenvalue weighted by atomic mass is 9.97. The first kappa shape index (κ1) is 13.2. The number of β-amino-alcohol motifs (C(OH)–C–C–N with tert-alkyl or cyclic N) is 1. The average Bonchev–Trinajstić information content (AvgIpc) is 2.25. The van der Waals surface area contributed by atoms with Gasteiger partial charge in [0.1, 0.15) is 5.75 Å². The molecule has 0 bridgehead atoms. The van der Waals surface area contributed by atoms with Gasteiger partial charge in [-0.3, -0.25) is 4.79 Å². The van der Waals surface area contributed by atoms with Crippen molar-refractivity contribution in [2.24, 2.45) is 0 Å². The summed E-state index contributed by atoms with van der Waals surface area (Å²) in [5.74, 6) is 0.662. The third-order valence-corrected chi connectivity index (χ3v) is 3.03. The average molecular weight is 270 g/mol. The predicted octanol–water partition coefficient (Wildman–Crippen LogP) is 1.70. The highest BCUT2D eigenvalue weighted by Gasteiger charge is 2.38. The molecule has 5 heteroatoms. The maximum atomic E-state index is 11.7. The minimum Gasteiger partial charge on any atom is -0.493 e. The van der Waals surface area contributed by atoms with Gasteiger partial charge < -0.3 is 14.7 Å². The van der Waals surface area contributed by atoms with Crippen LogP contribution in [0.1, 0.15) is 13.3 Å². The van der Waals surface area contributed by atoms with Gasteiger partial charge in [-0.15, -0.1) is 0 Å². The van der Waals surface area contributed by atoms with Crippen molar-refractivity contribution in [3.63, 3.8) is 0 Å². The van der Waals surface area contributed by atoms with Gasteiger partial charge in [0.2, 0.25) is 5.91 Å². The molecule has 0 atom stereocenters. The Labute approximate surface area is 111 Å². The fraction of sp³-hybridized carbons (Fsp3) is 0.462. The van der Waals surface area contributed by atoms with Crippen LogP contribution in [0, 0.1) is 0 Å². The number of amides is 1. The molecule has 4 nitrogen and oxygen atoms in total. The first-order chi connectivity index (χ1) is 8.46. The van der Waals surface area contributed by atoms with Crippen LogP contribution in [0.2, 0.25) is 5.02 Å². The smallest absolute Gasteiger partial charge is 0.226 e.